The lowest BCUT2D eigenvalue weighted by Crippen LogP contribution is -2.33. The van der Waals surface area contributed by atoms with Crippen molar-refractivity contribution in [3.63, 3.8) is 0 Å². The van der Waals surface area contributed by atoms with Crippen LogP contribution in [0.25, 0.3) is 0 Å². The Morgan fingerprint density at radius 2 is 1.83 bits per heavy atom. The van der Waals surface area contributed by atoms with E-state index >= 15 is 0 Å². The Bertz CT molecular complexity index is 513. The van der Waals surface area contributed by atoms with Crippen LogP contribution < -0.4 is 10.2 Å². The summed E-state index contributed by atoms with van der Waals surface area (Å²) >= 11 is 1.44. The Labute approximate surface area is 150 Å². The van der Waals surface area contributed by atoms with E-state index in [1.165, 1.54) is 18.2 Å². The van der Waals surface area contributed by atoms with Gasteiger partial charge >= 0.3 is 0 Å². The molecule has 0 spiro atoms. The monoisotopic (exact) mass is 355 g/mol. The zero-order valence-corrected chi connectivity index (χ0v) is 17.0. The van der Waals surface area contributed by atoms with Crippen LogP contribution in [0, 0.1) is 5.92 Å². The van der Waals surface area contributed by atoms with E-state index in [9.17, 15) is 4.79 Å². The Kier molecular flexibility index (Phi) is 8.59. The van der Waals surface area contributed by atoms with Gasteiger partial charge in [0.05, 0.1) is 5.75 Å². The number of nitrogens with one attached hydrogen (secondary N) is 1. The second-order valence-electron chi connectivity index (χ2n) is 7.22. The van der Waals surface area contributed by atoms with Gasteiger partial charge in [0.15, 0.2) is 5.16 Å². The highest BCUT2D eigenvalue weighted by Gasteiger charge is 2.18. The average Bonchev–Trinajstić information content (AvgIpc) is 2.88. The molecule has 1 unspecified atom stereocenters. The summed E-state index contributed by atoms with van der Waals surface area (Å²) in [5.41, 5.74) is 0. The molecule has 1 amide bonds. The van der Waals surface area contributed by atoms with Crippen molar-refractivity contribution in [1.29, 1.82) is 0 Å². The Balaban J connectivity index is 2.50. The number of rotatable bonds is 10. The summed E-state index contributed by atoms with van der Waals surface area (Å²) in [5, 5.41) is 12.3. The zero-order chi connectivity index (χ0) is 18.3. The number of anilines is 1. The van der Waals surface area contributed by atoms with Gasteiger partial charge in [0.25, 0.3) is 0 Å². The van der Waals surface area contributed by atoms with Crippen LogP contribution in [0.4, 0.5) is 5.95 Å². The van der Waals surface area contributed by atoms with Crippen LogP contribution in [-0.2, 0) is 4.79 Å². The fourth-order valence-corrected chi connectivity index (χ4v) is 3.35. The minimum absolute atomic E-state index is 0.0572. The van der Waals surface area contributed by atoms with Crippen LogP contribution in [0.5, 0.6) is 0 Å². The lowest BCUT2D eigenvalue weighted by Gasteiger charge is -2.18. The van der Waals surface area contributed by atoms with E-state index in [1.54, 1.807) is 0 Å². The molecule has 0 saturated heterocycles. The second kappa shape index (κ2) is 9.91. The average molecular weight is 356 g/mol. The minimum Gasteiger partial charge on any atom is -0.353 e. The molecule has 24 heavy (non-hydrogen) atoms. The van der Waals surface area contributed by atoms with E-state index in [0.29, 0.717) is 5.75 Å². The van der Waals surface area contributed by atoms with E-state index < -0.39 is 0 Å². The maximum Gasteiger partial charge on any atom is 0.230 e. The molecule has 1 aromatic rings. The van der Waals surface area contributed by atoms with Crippen molar-refractivity contribution in [2.75, 3.05) is 24.7 Å². The summed E-state index contributed by atoms with van der Waals surface area (Å²) in [7, 11) is 3.89. The van der Waals surface area contributed by atoms with Crippen LogP contribution in [-0.4, -0.2) is 46.6 Å². The molecule has 0 aliphatic heterocycles. The first-order valence-corrected chi connectivity index (χ1v) is 9.75. The number of hydrogen-bond acceptors (Lipinski definition) is 5. The van der Waals surface area contributed by atoms with E-state index in [4.69, 9.17) is 0 Å². The number of aromatic nitrogens is 3. The maximum atomic E-state index is 12.1. The molecule has 7 heteroatoms. The van der Waals surface area contributed by atoms with Crippen molar-refractivity contribution >= 4 is 23.6 Å². The lowest BCUT2D eigenvalue weighted by molar-refractivity contribution is -0.119. The molecular formula is C17H33N5OS. The molecule has 1 atom stereocenters. The third kappa shape index (κ3) is 6.71. The highest BCUT2D eigenvalue weighted by atomic mass is 32.2. The van der Waals surface area contributed by atoms with E-state index in [0.717, 1.165) is 29.9 Å². The van der Waals surface area contributed by atoms with Crippen molar-refractivity contribution in [3.05, 3.63) is 0 Å². The van der Waals surface area contributed by atoms with Crippen LogP contribution >= 0.6 is 11.8 Å². The molecule has 0 fully saturated rings. The van der Waals surface area contributed by atoms with Gasteiger partial charge in [-0.2, -0.15) is 0 Å². The topological polar surface area (TPSA) is 63.1 Å². The van der Waals surface area contributed by atoms with Crippen LogP contribution in [0.15, 0.2) is 5.16 Å². The van der Waals surface area contributed by atoms with Gasteiger partial charge in [0.2, 0.25) is 11.9 Å². The predicted molar refractivity (Wildman–Crippen MR) is 102 cm³/mol. The molecule has 0 aliphatic carbocycles. The molecule has 0 saturated carbocycles. The number of carbonyl (C=O) groups is 1. The van der Waals surface area contributed by atoms with Crippen molar-refractivity contribution in [2.24, 2.45) is 5.92 Å². The molecule has 1 heterocycles. The summed E-state index contributed by atoms with van der Waals surface area (Å²) in [5.74, 6) is 1.96. The molecule has 0 bridgehead atoms. The summed E-state index contributed by atoms with van der Waals surface area (Å²) in [6, 6.07) is 0.468. The predicted octanol–water partition coefficient (Wildman–Crippen LogP) is 3.35. The van der Waals surface area contributed by atoms with Crippen molar-refractivity contribution in [2.45, 2.75) is 71.1 Å². The lowest BCUT2D eigenvalue weighted by atomic mass is 10.0. The normalized spacial score (nSPS) is 12.7. The van der Waals surface area contributed by atoms with Gasteiger partial charge in [-0.05, 0) is 33.1 Å². The van der Waals surface area contributed by atoms with Crippen molar-refractivity contribution in [3.8, 4) is 0 Å². The van der Waals surface area contributed by atoms with Crippen molar-refractivity contribution < 1.29 is 4.79 Å². The van der Waals surface area contributed by atoms with E-state index in [1.807, 2.05) is 19.0 Å². The van der Waals surface area contributed by atoms with Crippen molar-refractivity contribution in [1.82, 2.24) is 20.1 Å². The van der Waals surface area contributed by atoms with Crippen LogP contribution in [0.1, 0.15) is 59.9 Å². The first-order valence-electron chi connectivity index (χ1n) is 8.76. The quantitative estimate of drug-likeness (QED) is 0.652. The largest absolute Gasteiger partial charge is 0.353 e. The zero-order valence-electron chi connectivity index (χ0n) is 16.2. The molecule has 1 rings (SSSR count). The van der Waals surface area contributed by atoms with Gasteiger partial charge in [-0.3, -0.25) is 9.36 Å². The molecule has 1 N–H and O–H groups in total. The number of nitrogens with zero attached hydrogens (tertiary/aromatic N) is 4. The molecule has 0 aromatic carbocycles. The summed E-state index contributed by atoms with van der Waals surface area (Å²) in [4.78, 5) is 14.1. The van der Waals surface area contributed by atoms with E-state index in [2.05, 4.69) is 54.7 Å². The van der Waals surface area contributed by atoms with Crippen LogP contribution in [0.3, 0.4) is 0 Å². The molecule has 0 aliphatic rings. The SMILES string of the molecule is CC(C)CCCC(C)NC(=O)CSc1nnc(N(C)C)n1C(C)C. The highest BCUT2D eigenvalue weighted by molar-refractivity contribution is 7.99. The standard InChI is InChI=1S/C17H33N5OS/c1-12(2)9-8-10-14(5)18-15(23)11-24-17-20-19-16(21(6)7)22(17)13(3)4/h12-14H,8-11H2,1-7H3,(H,18,23). The molecule has 0 radical (unpaired) electrons. The van der Waals surface area contributed by atoms with Gasteiger partial charge in [-0.1, -0.05) is 38.5 Å². The molecule has 138 valence electrons. The summed E-state index contributed by atoms with van der Waals surface area (Å²) in [6.45, 7) is 10.7. The van der Waals surface area contributed by atoms with Gasteiger partial charge in [0, 0.05) is 26.2 Å². The van der Waals surface area contributed by atoms with Gasteiger partial charge in [-0.25, -0.2) is 0 Å². The fraction of sp³-hybridized carbons (Fsp3) is 0.824. The highest BCUT2D eigenvalue weighted by Crippen LogP contribution is 2.25. The Morgan fingerprint density at radius 1 is 1.17 bits per heavy atom. The number of amides is 1. The summed E-state index contributed by atoms with van der Waals surface area (Å²) < 4.78 is 2.06. The third-order valence-corrected chi connectivity index (χ3v) is 4.66. The number of carbonyl (C=O) groups excluding carboxylic acids is 1. The minimum atomic E-state index is 0.0572. The molecular weight excluding hydrogens is 322 g/mol. The van der Waals surface area contributed by atoms with Crippen LogP contribution in [0.2, 0.25) is 0 Å². The Morgan fingerprint density at radius 3 is 2.38 bits per heavy atom. The molecule has 1 aromatic heterocycles. The molecule has 6 nitrogen and oxygen atoms in total. The first kappa shape index (κ1) is 20.8. The van der Waals surface area contributed by atoms with E-state index in [-0.39, 0.29) is 18.0 Å². The van der Waals surface area contributed by atoms with Gasteiger partial charge in [0.1, 0.15) is 0 Å². The first-order chi connectivity index (χ1) is 11.2. The maximum absolute atomic E-state index is 12.1. The van der Waals surface area contributed by atoms with Gasteiger partial charge < -0.3 is 10.2 Å². The smallest absolute Gasteiger partial charge is 0.230 e. The third-order valence-electron chi connectivity index (χ3n) is 3.72. The fourth-order valence-electron chi connectivity index (χ4n) is 2.48. The second-order valence-corrected chi connectivity index (χ2v) is 8.17. The Hall–Kier alpha value is -1.24. The summed E-state index contributed by atoms with van der Waals surface area (Å²) in [6.07, 6.45) is 3.39. The van der Waals surface area contributed by atoms with Gasteiger partial charge in [-0.15, -0.1) is 10.2 Å². The number of thioether (sulfide) groups is 1. The number of hydrogen-bond donors (Lipinski definition) is 1.